The Morgan fingerprint density at radius 1 is 1.28 bits per heavy atom. The molecule has 1 N–H and O–H groups in total. The van der Waals surface area contributed by atoms with E-state index in [2.05, 4.69) is 15.5 Å². The van der Waals surface area contributed by atoms with Crippen LogP contribution < -0.4 is 5.32 Å². The van der Waals surface area contributed by atoms with Gasteiger partial charge in [-0.2, -0.15) is 0 Å². The van der Waals surface area contributed by atoms with Crippen molar-refractivity contribution >= 4 is 17.7 Å². The van der Waals surface area contributed by atoms with E-state index in [1.54, 1.807) is 18.0 Å². The zero-order valence-corrected chi connectivity index (χ0v) is 15.7. The van der Waals surface area contributed by atoms with Gasteiger partial charge in [0.15, 0.2) is 0 Å². The Balaban J connectivity index is 1.68. The Morgan fingerprint density at radius 2 is 2.04 bits per heavy atom. The van der Waals surface area contributed by atoms with Gasteiger partial charge in [-0.1, -0.05) is 30.8 Å². The second-order valence-electron chi connectivity index (χ2n) is 6.61. The number of nitrogens with zero attached hydrogens (tertiary/aromatic N) is 2. The van der Waals surface area contributed by atoms with Crippen LogP contribution in [0.1, 0.15) is 65.9 Å². The van der Waals surface area contributed by atoms with Crippen molar-refractivity contribution < 1.29 is 9.32 Å². The van der Waals surface area contributed by atoms with Crippen molar-refractivity contribution in [2.75, 3.05) is 0 Å². The minimum atomic E-state index is -0.0127. The highest BCUT2D eigenvalue weighted by atomic mass is 32.2. The van der Waals surface area contributed by atoms with E-state index in [4.69, 9.17) is 4.52 Å². The molecule has 0 saturated heterocycles. The van der Waals surface area contributed by atoms with E-state index in [1.807, 2.05) is 26.0 Å². The van der Waals surface area contributed by atoms with Crippen molar-refractivity contribution in [1.29, 1.82) is 0 Å². The minimum absolute atomic E-state index is 0.0127. The highest BCUT2D eigenvalue weighted by Crippen LogP contribution is 2.27. The topological polar surface area (TPSA) is 68.0 Å². The molecule has 0 unspecified atom stereocenters. The maximum atomic E-state index is 12.7. The fourth-order valence-electron chi connectivity index (χ4n) is 3.21. The monoisotopic (exact) mass is 359 g/mol. The number of pyridine rings is 1. The quantitative estimate of drug-likeness (QED) is 0.632. The summed E-state index contributed by atoms with van der Waals surface area (Å²) in [5, 5.41) is 7.95. The van der Waals surface area contributed by atoms with Crippen LogP contribution in [0.4, 0.5) is 0 Å². The molecule has 6 heteroatoms. The molecule has 0 bridgehead atoms. The summed E-state index contributed by atoms with van der Waals surface area (Å²) in [4.78, 5) is 17.2. The first kappa shape index (κ1) is 18.0. The largest absolute Gasteiger partial charge is 0.361 e. The highest BCUT2D eigenvalue weighted by Gasteiger charge is 2.19. The lowest BCUT2D eigenvalue weighted by Gasteiger charge is -2.17. The molecule has 0 aliphatic heterocycles. The fraction of sp³-hybridized carbons (Fsp3) is 0.526. The number of amides is 1. The van der Waals surface area contributed by atoms with Crippen LogP contribution in [0, 0.1) is 13.8 Å². The van der Waals surface area contributed by atoms with Gasteiger partial charge >= 0.3 is 0 Å². The standard InChI is InChI=1S/C19H25N3O2S/c1-13-17(14(2)24-22-13)12-25-19-16(10-7-11-20-19)18(23)21-15-8-5-3-4-6-9-15/h7,10-11,15H,3-6,8-9,12H2,1-2H3,(H,21,23). The third-order valence-corrected chi connectivity index (χ3v) is 5.77. The highest BCUT2D eigenvalue weighted by molar-refractivity contribution is 7.98. The van der Waals surface area contributed by atoms with Crippen molar-refractivity contribution in [3.63, 3.8) is 0 Å². The van der Waals surface area contributed by atoms with E-state index in [-0.39, 0.29) is 11.9 Å². The number of hydrogen-bond acceptors (Lipinski definition) is 5. The summed E-state index contributed by atoms with van der Waals surface area (Å²) in [6, 6.07) is 3.96. The van der Waals surface area contributed by atoms with Gasteiger partial charge in [-0.05, 0) is 38.8 Å². The summed E-state index contributed by atoms with van der Waals surface area (Å²) in [6.07, 6.45) is 8.84. The van der Waals surface area contributed by atoms with Gasteiger partial charge in [0.1, 0.15) is 10.8 Å². The predicted octanol–water partition coefficient (Wildman–Crippen LogP) is 4.43. The summed E-state index contributed by atoms with van der Waals surface area (Å²) >= 11 is 1.56. The van der Waals surface area contributed by atoms with Crippen molar-refractivity contribution in [2.45, 2.75) is 69.2 Å². The molecule has 3 rings (SSSR count). The molecule has 0 spiro atoms. The van der Waals surface area contributed by atoms with E-state index in [0.717, 1.165) is 34.9 Å². The number of thioether (sulfide) groups is 1. The van der Waals surface area contributed by atoms with Crippen LogP contribution in [-0.2, 0) is 5.75 Å². The summed E-state index contributed by atoms with van der Waals surface area (Å²) in [5.74, 6) is 1.51. The molecular weight excluding hydrogens is 334 g/mol. The Kier molecular flexibility index (Phi) is 6.13. The Morgan fingerprint density at radius 3 is 2.72 bits per heavy atom. The van der Waals surface area contributed by atoms with Crippen molar-refractivity contribution in [1.82, 2.24) is 15.5 Å². The lowest BCUT2D eigenvalue weighted by atomic mass is 10.1. The third-order valence-electron chi connectivity index (χ3n) is 4.74. The number of aromatic nitrogens is 2. The van der Waals surface area contributed by atoms with Crippen LogP contribution in [0.2, 0.25) is 0 Å². The van der Waals surface area contributed by atoms with Gasteiger partial charge in [-0.25, -0.2) is 4.98 Å². The van der Waals surface area contributed by atoms with Crippen LogP contribution >= 0.6 is 11.8 Å². The number of aryl methyl sites for hydroxylation is 2. The Labute approximate surface area is 153 Å². The smallest absolute Gasteiger partial charge is 0.254 e. The molecule has 0 aromatic carbocycles. The molecule has 134 valence electrons. The lowest BCUT2D eigenvalue weighted by Crippen LogP contribution is -2.34. The zero-order valence-electron chi connectivity index (χ0n) is 14.9. The van der Waals surface area contributed by atoms with Crippen LogP contribution in [0.3, 0.4) is 0 Å². The average molecular weight is 359 g/mol. The van der Waals surface area contributed by atoms with Gasteiger partial charge < -0.3 is 9.84 Å². The second kappa shape index (κ2) is 8.52. The average Bonchev–Trinajstić information content (AvgIpc) is 2.80. The zero-order chi connectivity index (χ0) is 17.6. The molecule has 5 nitrogen and oxygen atoms in total. The molecule has 25 heavy (non-hydrogen) atoms. The molecule has 1 aliphatic rings. The first-order chi connectivity index (χ1) is 12.1. The summed E-state index contributed by atoms with van der Waals surface area (Å²) in [5.41, 5.74) is 2.62. The Bertz CT molecular complexity index is 702. The second-order valence-corrected chi connectivity index (χ2v) is 7.57. The van der Waals surface area contributed by atoms with Gasteiger partial charge in [0.25, 0.3) is 5.91 Å². The van der Waals surface area contributed by atoms with Crippen LogP contribution in [-0.4, -0.2) is 22.1 Å². The van der Waals surface area contributed by atoms with E-state index < -0.39 is 0 Å². The van der Waals surface area contributed by atoms with E-state index in [0.29, 0.717) is 11.3 Å². The van der Waals surface area contributed by atoms with Crippen LogP contribution in [0.15, 0.2) is 27.9 Å². The molecule has 2 heterocycles. The fourth-order valence-corrected chi connectivity index (χ4v) is 4.36. The molecule has 1 fully saturated rings. The summed E-state index contributed by atoms with van der Waals surface area (Å²) in [6.45, 7) is 3.85. The summed E-state index contributed by atoms with van der Waals surface area (Å²) in [7, 11) is 0. The third kappa shape index (κ3) is 4.63. The number of hydrogen-bond donors (Lipinski definition) is 1. The Hall–Kier alpha value is -1.82. The van der Waals surface area contributed by atoms with E-state index >= 15 is 0 Å². The molecule has 1 amide bonds. The van der Waals surface area contributed by atoms with Gasteiger partial charge in [-0.3, -0.25) is 4.79 Å². The number of rotatable bonds is 5. The number of carbonyl (C=O) groups excluding carboxylic acids is 1. The molecule has 1 aliphatic carbocycles. The lowest BCUT2D eigenvalue weighted by molar-refractivity contribution is 0.0929. The SMILES string of the molecule is Cc1noc(C)c1CSc1ncccc1C(=O)NC1CCCCCC1. The number of carbonyl (C=O) groups is 1. The molecule has 2 aromatic rings. The normalized spacial score (nSPS) is 15.8. The van der Waals surface area contributed by atoms with Gasteiger partial charge in [-0.15, -0.1) is 11.8 Å². The first-order valence-electron chi connectivity index (χ1n) is 8.95. The minimum Gasteiger partial charge on any atom is -0.361 e. The van der Waals surface area contributed by atoms with Gasteiger partial charge in [0.05, 0.1) is 11.3 Å². The van der Waals surface area contributed by atoms with Crippen molar-refractivity contribution in [2.24, 2.45) is 0 Å². The molecule has 0 radical (unpaired) electrons. The van der Waals surface area contributed by atoms with E-state index in [9.17, 15) is 4.79 Å². The molecule has 0 atom stereocenters. The maximum absolute atomic E-state index is 12.7. The molecule has 2 aromatic heterocycles. The van der Waals surface area contributed by atoms with Gasteiger partial charge in [0, 0.05) is 23.6 Å². The van der Waals surface area contributed by atoms with Crippen LogP contribution in [0.25, 0.3) is 0 Å². The van der Waals surface area contributed by atoms with Crippen molar-refractivity contribution in [3.05, 3.63) is 40.9 Å². The summed E-state index contributed by atoms with van der Waals surface area (Å²) < 4.78 is 5.21. The number of nitrogens with one attached hydrogen (secondary N) is 1. The molecular formula is C19H25N3O2S. The van der Waals surface area contributed by atoms with Crippen LogP contribution in [0.5, 0.6) is 0 Å². The van der Waals surface area contributed by atoms with E-state index in [1.165, 1.54) is 25.7 Å². The molecule has 1 saturated carbocycles. The first-order valence-corrected chi connectivity index (χ1v) is 9.94. The van der Waals surface area contributed by atoms with Gasteiger partial charge in [0.2, 0.25) is 0 Å². The predicted molar refractivity (Wildman–Crippen MR) is 98.7 cm³/mol. The maximum Gasteiger partial charge on any atom is 0.254 e. The van der Waals surface area contributed by atoms with Crippen molar-refractivity contribution in [3.8, 4) is 0 Å².